The number of halogens is 2. The van der Waals surface area contributed by atoms with E-state index in [1.165, 1.54) is 72.2 Å². The van der Waals surface area contributed by atoms with Crippen molar-refractivity contribution in [3.63, 3.8) is 0 Å². The number of hydrogen-bond acceptors (Lipinski definition) is 4. The van der Waals surface area contributed by atoms with Crippen molar-refractivity contribution in [1.29, 1.82) is 0 Å². The first-order chi connectivity index (χ1) is 18.5. The lowest BCUT2D eigenvalue weighted by Crippen LogP contribution is -2.02. The largest absolute Gasteiger partial charge is 0.242 e. The molecular formula is C32H40Br2N2S2. The second-order valence-corrected chi connectivity index (χ2v) is 14.1. The van der Waals surface area contributed by atoms with Gasteiger partial charge in [0, 0.05) is 8.95 Å². The van der Waals surface area contributed by atoms with Gasteiger partial charge in [-0.3, -0.25) is 0 Å². The van der Waals surface area contributed by atoms with Gasteiger partial charge in [-0.25, -0.2) is 9.97 Å². The molecule has 6 heteroatoms. The molecule has 2 unspecified atom stereocenters. The second kappa shape index (κ2) is 14.5. The Morgan fingerprint density at radius 2 is 1.11 bits per heavy atom. The molecule has 0 bridgehead atoms. The zero-order valence-electron chi connectivity index (χ0n) is 23.2. The van der Waals surface area contributed by atoms with Crippen LogP contribution in [0.25, 0.3) is 32.2 Å². The third kappa shape index (κ3) is 7.35. The molecule has 204 valence electrons. The minimum atomic E-state index is 0.753. The number of unbranched alkanes of at least 4 members (excludes halogenated alkanes) is 2. The molecule has 2 atom stereocenters. The van der Waals surface area contributed by atoms with E-state index in [4.69, 9.17) is 9.97 Å². The van der Waals surface area contributed by atoms with E-state index in [2.05, 4.69) is 94.6 Å². The predicted octanol–water partition coefficient (Wildman–Crippen LogP) is 12.1. The summed E-state index contributed by atoms with van der Waals surface area (Å²) >= 11 is 11.1. The molecule has 3 heterocycles. The van der Waals surface area contributed by atoms with Gasteiger partial charge in [0.25, 0.3) is 0 Å². The summed E-state index contributed by atoms with van der Waals surface area (Å²) in [5.41, 5.74) is 6.68. The number of fused-ring (bicyclic) bond motifs is 1. The van der Waals surface area contributed by atoms with E-state index in [1.807, 2.05) is 22.7 Å². The Morgan fingerprint density at radius 3 is 1.47 bits per heavy atom. The summed E-state index contributed by atoms with van der Waals surface area (Å²) in [7, 11) is 0. The van der Waals surface area contributed by atoms with Crippen LogP contribution >= 0.6 is 54.5 Å². The molecule has 0 saturated carbocycles. The molecule has 0 radical (unpaired) electrons. The van der Waals surface area contributed by atoms with Gasteiger partial charge in [0.2, 0.25) is 0 Å². The normalized spacial score (nSPS) is 13.3. The first kappa shape index (κ1) is 29.9. The lowest BCUT2D eigenvalue weighted by molar-refractivity contribution is 0.449. The SMILES string of the molecule is CCCCC(CC)Cc1csc(-c2nc3c(Br)ccc(Br)c3nc2-c2cc(CC(CC)CCCC)cs2)c1. The van der Waals surface area contributed by atoms with E-state index >= 15 is 0 Å². The van der Waals surface area contributed by atoms with Gasteiger partial charge >= 0.3 is 0 Å². The molecule has 38 heavy (non-hydrogen) atoms. The van der Waals surface area contributed by atoms with Gasteiger partial charge in [-0.05, 0) is 103 Å². The fraction of sp³-hybridized carbons (Fsp3) is 0.500. The average Bonchev–Trinajstić information content (AvgIpc) is 3.60. The second-order valence-electron chi connectivity index (χ2n) is 10.5. The maximum Gasteiger partial charge on any atom is 0.108 e. The Morgan fingerprint density at radius 1 is 0.684 bits per heavy atom. The number of aromatic nitrogens is 2. The minimum absolute atomic E-state index is 0.753. The Bertz CT molecular complexity index is 1230. The van der Waals surface area contributed by atoms with Crippen LogP contribution in [-0.4, -0.2) is 9.97 Å². The van der Waals surface area contributed by atoms with Crippen molar-refractivity contribution in [3.05, 3.63) is 55.1 Å². The molecule has 0 amide bonds. The maximum atomic E-state index is 5.25. The summed E-state index contributed by atoms with van der Waals surface area (Å²) in [5, 5.41) is 4.68. The molecule has 0 aliphatic carbocycles. The van der Waals surface area contributed by atoms with Gasteiger partial charge in [-0.15, -0.1) is 22.7 Å². The van der Waals surface area contributed by atoms with Gasteiger partial charge in [0.1, 0.15) is 22.4 Å². The van der Waals surface area contributed by atoms with E-state index in [1.54, 1.807) is 0 Å². The standard InChI is InChI=1S/C32H40Br2N2S2/c1-5-9-11-21(7-3)15-23-17-27(37-19-23)31-32(36-30-26(34)14-13-25(33)29(30)35-31)28-18-24(20-38-28)16-22(8-4)12-10-6-2/h13-14,17-22H,5-12,15-16H2,1-4H3. The van der Waals surface area contributed by atoms with Gasteiger partial charge in [0.05, 0.1) is 9.75 Å². The zero-order valence-corrected chi connectivity index (χ0v) is 28.0. The van der Waals surface area contributed by atoms with Crippen molar-refractivity contribution >= 4 is 65.6 Å². The van der Waals surface area contributed by atoms with Crippen LogP contribution in [0.15, 0.2) is 44.0 Å². The van der Waals surface area contributed by atoms with Crippen LogP contribution in [0.3, 0.4) is 0 Å². The molecule has 3 aromatic heterocycles. The molecule has 0 aliphatic heterocycles. The fourth-order valence-electron chi connectivity index (χ4n) is 5.18. The lowest BCUT2D eigenvalue weighted by Gasteiger charge is -2.13. The van der Waals surface area contributed by atoms with Crippen molar-refractivity contribution in [3.8, 4) is 21.1 Å². The van der Waals surface area contributed by atoms with Gasteiger partial charge in [-0.1, -0.05) is 79.1 Å². The van der Waals surface area contributed by atoms with Crippen molar-refractivity contribution in [2.24, 2.45) is 11.8 Å². The quantitative estimate of drug-likeness (QED) is 0.133. The van der Waals surface area contributed by atoms with Crippen molar-refractivity contribution in [2.75, 3.05) is 0 Å². The van der Waals surface area contributed by atoms with Crippen LogP contribution in [0.2, 0.25) is 0 Å². The van der Waals surface area contributed by atoms with E-state index in [0.29, 0.717) is 0 Å². The lowest BCUT2D eigenvalue weighted by atomic mass is 9.93. The summed E-state index contributed by atoms with van der Waals surface area (Å²) in [6.07, 6.45) is 12.6. The third-order valence-corrected chi connectivity index (χ3v) is 10.9. The Hall–Kier alpha value is -1.08. The Balaban J connectivity index is 1.72. The molecule has 2 nitrogen and oxygen atoms in total. The van der Waals surface area contributed by atoms with Crippen LogP contribution < -0.4 is 0 Å². The summed E-state index contributed by atoms with van der Waals surface area (Å²) in [4.78, 5) is 12.9. The molecule has 1 aromatic carbocycles. The Kier molecular flexibility index (Phi) is 11.4. The van der Waals surface area contributed by atoms with E-state index in [9.17, 15) is 0 Å². The molecule has 4 rings (SSSR count). The fourth-order valence-corrected chi connectivity index (χ4v) is 7.83. The molecule has 4 aromatic rings. The summed E-state index contributed by atoms with van der Waals surface area (Å²) < 4.78 is 1.96. The van der Waals surface area contributed by atoms with Gasteiger partial charge < -0.3 is 0 Å². The number of rotatable bonds is 14. The number of benzene rings is 1. The van der Waals surface area contributed by atoms with Crippen LogP contribution in [-0.2, 0) is 12.8 Å². The highest BCUT2D eigenvalue weighted by Crippen LogP contribution is 2.40. The van der Waals surface area contributed by atoms with E-state index in [0.717, 1.165) is 56.0 Å². The zero-order chi connectivity index (χ0) is 27.1. The van der Waals surface area contributed by atoms with E-state index < -0.39 is 0 Å². The maximum absolute atomic E-state index is 5.25. The van der Waals surface area contributed by atoms with Crippen molar-refractivity contribution in [1.82, 2.24) is 9.97 Å². The monoisotopic (exact) mass is 674 g/mol. The summed E-state index contributed by atoms with van der Waals surface area (Å²) in [5.74, 6) is 1.51. The molecule has 0 aliphatic rings. The Labute approximate surface area is 254 Å². The van der Waals surface area contributed by atoms with E-state index in [-0.39, 0.29) is 0 Å². The van der Waals surface area contributed by atoms with Gasteiger partial charge in [-0.2, -0.15) is 0 Å². The highest BCUT2D eigenvalue weighted by Gasteiger charge is 2.20. The van der Waals surface area contributed by atoms with Crippen LogP contribution in [0.5, 0.6) is 0 Å². The molecule has 0 N–H and O–H groups in total. The number of hydrogen-bond donors (Lipinski definition) is 0. The number of thiophene rings is 2. The molecule has 0 saturated heterocycles. The highest BCUT2D eigenvalue weighted by atomic mass is 79.9. The smallest absolute Gasteiger partial charge is 0.108 e. The predicted molar refractivity (Wildman–Crippen MR) is 176 cm³/mol. The van der Waals surface area contributed by atoms with Crippen LogP contribution in [0.4, 0.5) is 0 Å². The van der Waals surface area contributed by atoms with Crippen LogP contribution in [0, 0.1) is 11.8 Å². The topological polar surface area (TPSA) is 25.8 Å². The van der Waals surface area contributed by atoms with Crippen molar-refractivity contribution in [2.45, 2.75) is 91.9 Å². The average molecular weight is 677 g/mol. The highest BCUT2D eigenvalue weighted by molar-refractivity contribution is 9.11. The minimum Gasteiger partial charge on any atom is -0.242 e. The molecule has 0 fully saturated rings. The van der Waals surface area contributed by atoms with Gasteiger partial charge in [0.15, 0.2) is 0 Å². The third-order valence-electron chi connectivity index (χ3n) is 7.63. The first-order valence-electron chi connectivity index (χ1n) is 14.3. The molecule has 0 spiro atoms. The summed E-state index contributed by atoms with van der Waals surface area (Å²) in [6, 6.07) is 8.84. The van der Waals surface area contributed by atoms with Crippen molar-refractivity contribution < 1.29 is 0 Å². The number of nitrogens with zero attached hydrogens (tertiary/aromatic N) is 2. The summed E-state index contributed by atoms with van der Waals surface area (Å²) in [6.45, 7) is 9.23. The first-order valence-corrected chi connectivity index (χ1v) is 17.6. The molecular weight excluding hydrogens is 636 g/mol. The van der Waals surface area contributed by atoms with Crippen LogP contribution in [0.1, 0.15) is 90.2 Å².